The standard InChI is InChI=1S/C23H30N2O7S2/c1-16(26)24-12-22-23(27)21(15-32-22)25(13-17-4-8-19(9-5-17)33(2,28)29)14-18-6-10-20(11-7-18)34(3,30)31/h4-11,21-23,27H,12-15H2,1-3H3,(H,24,26). The zero-order valence-electron chi connectivity index (χ0n) is 19.3. The Labute approximate surface area is 200 Å². The summed E-state index contributed by atoms with van der Waals surface area (Å²) in [7, 11) is -6.63. The van der Waals surface area contributed by atoms with Gasteiger partial charge in [-0.05, 0) is 35.4 Å². The third kappa shape index (κ3) is 6.86. The summed E-state index contributed by atoms with van der Waals surface area (Å²) < 4.78 is 52.8. The lowest BCUT2D eigenvalue weighted by atomic mass is 10.0. The predicted octanol–water partition coefficient (Wildman–Crippen LogP) is 0.760. The molecule has 1 fully saturated rings. The molecule has 0 bridgehead atoms. The molecule has 0 radical (unpaired) electrons. The molecule has 2 aromatic rings. The van der Waals surface area contributed by atoms with Crippen LogP contribution in [0.4, 0.5) is 0 Å². The summed E-state index contributed by atoms with van der Waals surface area (Å²) in [6, 6.07) is 12.7. The van der Waals surface area contributed by atoms with Crippen molar-refractivity contribution in [3.63, 3.8) is 0 Å². The zero-order chi connectivity index (χ0) is 25.1. The Morgan fingerprint density at radius 2 is 1.38 bits per heavy atom. The first-order chi connectivity index (χ1) is 15.8. The molecule has 0 saturated carbocycles. The van der Waals surface area contributed by atoms with Crippen molar-refractivity contribution in [1.82, 2.24) is 10.2 Å². The third-order valence-corrected chi connectivity index (χ3v) is 8.01. The van der Waals surface area contributed by atoms with E-state index in [2.05, 4.69) is 5.32 Å². The maximum absolute atomic E-state index is 11.8. The molecule has 2 aromatic carbocycles. The van der Waals surface area contributed by atoms with Gasteiger partial charge in [0, 0.05) is 39.1 Å². The average Bonchev–Trinajstić information content (AvgIpc) is 3.11. The van der Waals surface area contributed by atoms with E-state index in [0.29, 0.717) is 13.1 Å². The smallest absolute Gasteiger partial charge is 0.216 e. The van der Waals surface area contributed by atoms with E-state index in [0.717, 1.165) is 23.6 Å². The number of aliphatic hydroxyl groups excluding tert-OH is 1. The summed E-state index contributed by atoms with van der Waals surface area (Å²) in [6.07, 6.45) is 0.875. The molecule has 0 aromatic heterocycles. The summed E-state index contributed by atoms with van der Waals surface area (Å²) >= 11 is 0. The number of aliphatic hydroxyl groups is 1. The molecular weight excluding hydrogens is 480 g/mol. The lowest BCUT2D eigenvalue weighted by molar-refractivity contribution is -0.119. The van der Waals surface area contributed by atoms with Crippen LogP contribution in [0.3, 0.4) is 0 Å². The van der Waals surface area contributed by atoms with Gasteiger partial charge < -0.3 is 15.2 Å². The lowest BCUT2D eigenvalue weighted by Gasteiger charge is -2.31. The summed E-state index contributed by atoms with van der Waals surface area (Å²) in [4.78, 5) is 13.7. The SMILES string of the molecule is CC(=O)NCC1OCC(N(Cc2ccc(S(C)(=O)=O)cc2)Cc2ccc(S(C)(=O)=O)cc2)C1O. The van der Waals surface area contributed by atoms with Crippen LogP contribution in [0.1, 0.15) is 18.1 Å². The van der Waals surface area contributed by atoms with E-state index >= 15 is 0 Å². The summed E-state index contributed by atoms with van der Waals surface area (Å²) in [5, 5.41) is 13.6. The van der Waals surface area contributed by atoms with Crippen LogP contribution >= 0.6 is 0 Å². The highest BCUT2D eigenvalue weighted by atomic mass is 32.2. The molecule has 9 nitrogen and oxygen atoms in total. The van der Waals surface area contributed by atoms with Crippen LogP contribution in [0, 0.1) is 0 Å². The average molecular weight is 511 g/mol. The second-order valence-electron chi connectivity index (χ2n) is 8.60. The number of amides is 1. The highest BCUT2D eigenvalue weighted by Gasteiger charge is 2.39. The fourth-order valence-electron chi connectivity index (χ4n) is 3.86. The van der Waals surface area contributed by atoms with Crippen molar-refractivity contribution in [1.29, 1.82) is 0 Å². The minimum atomic E-state index is -3.32. The van der Waals surface area contributed by atoms with Crippen LogP contribution in [-0.2, 0) is 42.3 Å². The van der Waals surface area contributed by atoms with Gasteiger partial charge >= 0.3 is 0 Å². The first-order valence-corrected chi connectivity index (χ1v) is 14.5. The fraction of sp³-hybridized carbons (Fsp3) is 0.435. The zero-order valence-corrected chi connectivity index (χ0v) is 21.0. The molecule has 1 aliphatic rings. The molecule has 3 atom stereocenters. The number of hydrogen-bond acceptors (Lipinski definition) is 8. The van der Waals surface area contributed by atoms with E-state index in [1.807, 2.05) is 4.90 Å². The number of benzene rings is 2. The third-order valence-electron chi connectivity index (χ3n) is 5.75. The summed E-state index contributed by atoms with van der Waals surface area (Å²) in [5.74, 6) is -0.215. The van der Waals surface area contributed by atoms with Crippen molar-refractivity contribution in [3.8, 4) is 0 Å². The molecule has 11 heteroatoms. The van der Waals surface area contributed by atoms with Crippen molar-refractivity contribution < 1.29 is 31.5 Å². The normalized spacial score (nSPS) is 21.0. The number of nitrogens with one attached hydrogen (secondary N) is 1. The first-order valence-electron chi connectivity index (χ1n) is 10.7. The van der Waals surface area contributed by atoms with Crippen molar-refractivity contribution >= 4 is 25.6 Å². The number of ether oxygens (including phenoxy) is 1. The minimum Gasteiger partial charge on any atom is -0.389 e. The highest BCUT2D eigenvalue weighted by Crippen LogP contribution is 2.24. The maximum Gasteiger partial charge on any atom is 0.216 e. The van der Waals surface area contributed by atoms with Crippen molar-refractivity contribution in [2.24, 2.45) is 0 Å². The van der Waals surface area contributed by atoms with Gasteiger partial charge in [0.1, 0.15) is 6.10 Å². The van der Waals surface area contributed by atoms with Crippen LogP contribution in [-0.4, -0.2) is 76.7 Å². The molecule has 0 aliphatic carbocycles. The first kappa shape index (κ1) is 26.3. The van der Waals surface area contributed by atoms with Gasteiger partial charge in [-0.15, -0.1) is 0 Å². The van der Waals surface area contributed by atoms with Crippen LogP contribution in [0.25, 0.3) is 0 Å². The molecular formula is C23H30N2O7S2. The van der Waals surface area contributed by atoms with Crippen LogP contribution in [0.2, 0.25) is 0 Å². The molecule has 3 rings (SSSR count). The van der Waals surface area contributed by atoms with Crippen LogP contribution in [0.5, 0.6) is 0 Å². The van der Waals surface area contributed by atoms with E-state index < -0.39 is 31.9 Å². The Morgan fingerprint density at radius 1 is 0.941 bits per heavy atom. The Morgan fingerprint density at radius 3 is 1.76 bits per heavy atom. The van der Waals surface area contributed by atoms with Crippen molar-refractivity contribution in [2.75, 3.05) is 25.7 Å². The molecule has 1 aliphatic heterocycles. The van der Waals surface area contributed by atoms with Gasteiger partial charge in [-0.25, -0.2) is 16.8 Å². The van der Waals surface area contributed by atoms with Crippen molar-refractivity contribution in [3.05, 3.63) is 59.7 Å². The van der Waals surface area contributed by atoms with Gasteiger partial charge in [0.25, 0.3) is 0 Å². The summed E-state index contributed by atoms with van der Waals surface area (Å²) in [6.45, 7) is 2.62. The van der Waals surface area contributed by atoms with E-state index in [9.17, 15) is 26.7 Å². The van der Waals surface area contributed by atoms with Gasteiger partial charge in [-0.1, -0.05) is 24.3 Å². The number of carbonyl (C=O) groups is 1. The van der Waals surface area contributed by atoms with E-state index in [-0.39, 0.29) is 34.9 Å². The van der Waals surface area contributed by atoms with E-state index in [4.69, 9.17) is 4.74 Å². The second kappa shape index (κ2) is 10.5. The predicted molar refractivity (Wildman–Crippen MR) is 127 cm³/mol. The number of carbonyl (C=O) groups excluding carboxylic acids is 1. The van der Waals surface area contributed by atoms with E-state index in [1.54, 1.807) is 48.5 Å². The quantitative estimate of drug-likeness (QED) is 0.506. The van der Waals surface area contributed by atoms with Gasteiger partial charge in [0.15, 0.2) is 19.7 Å². The van der Waals surface area contributed by atoms with Gasteiger partial charge in [0.2, 0.25) is 5.91 Å². The number of nitrogens with zero attached hydrogens (tertiary/aromatic N) is 1. The monoisotopic (exact) mass is 510 g/mol. The molecule has 1 amide bonds. The highest BCUT2D eigenvalue weighted by molar-refractivity contribution is 7.91. The number of rotatable bonds is 9. The van der Waals surface area contributed by atoms with Crippen LogP contribution < -0.4 is 5.32 Å². The Bertz CT molecular complexity index is 1130. The molecule has 0 spiro atoms. The molecule has 1 heterocycles. The Balaban J connectivity index is 1.83. The van der Waals surface area contributed by atoms with Crippen LogP contribution in [0.15, 0.2) is 58.3 Å². The maximum atomic E-state index is 11.8. The Hall–Kier alpha value is -2.31. The topological polar surface area (TPSA) is 130 Å². The minimum absolute atomic E-state index is 0.187. The van der Waals surface area contributed by atoms with Gasteiger partial charge in [0.05, 0.1) is 28.5 Å². The van der Waals surface area contributed by atoms with Crippen molar-refractivity contribution in [2.45, 2.75) is 48.1 Å². The molecule has 1 saturated heterocycles. The molecule has 3 unspecified atom stereocenters. The van der Waals surface area contributed by atoms with Gasteiger partial charge in [-0.2, -0.15) is 0 Å². The molecule has 2 N–H and O–H groups in total. The molecule has 186 valence electrons. The molecule has 34 heavy (non-hydrogen) atoms. The largest absolute Gasteiger partial charge is 0.389 e. The second-order valence-corrected chi connectivity index (χ2v) is 12.6. The number of sulfone groups is 2. The Kier molecular flexibility index (Phi) is 8.14. The van der Waals surface area contributed by atoms with Gasteiger partial charge in [-0.3, -0.25) is 9.69 Å². The number of hydrogen-bond donors (Lipinski definition) is 2. The van der Waals surface area contributed by atoms with E-state index in [1.165, 1.54) is 6.92 Å². The fourth-order valence-corrected chi connectivity index (χ4v) is 5.12. The lowest BCUT2D eigenvalue weighted by Crippen LogP contribution is -2.46. The summed E-state index contributed by atoms with van der Waals surface area (Å²) in [5.41, 5.74) is 1.69.